The van der Waals surface area contributed by atoms with Crippen molar-refractivity contribution in [2.75, 3.05) is 13.2 Å². The number of amides is 1. The van der Waals surface area contributed by atoms with E-state index in [1.807, 2.05) is 67.6 Å². The Morgan fingerprint density at radius 3 is 2.73 bits per heavy atom. The lowest BCUT2D eigenvalue weighted by Crippen LogP contribution is -2.23. The molecule has 0 spiro atoms. The fourth-order valence-corrected chi connectivity index (χ4v) is 2.69. The van der Waals surface area contributed by atoms with Gasteiger partial charge in [-0.15, -0.1) is 0 Å². The van der Waals surface area contributed by atoms with E-state index in [1.54, 1.807) is 12.3 Å². The van der Waals surface area contributed by atoms with Gasteiger partial charge < -0.3 is 10.1 Å². The van der Waals surface area contributed by atoms with Crippen LogP contribution in [0.4, 0.5) is 0 Å². The van der Waals surface area contributed by atoms with Gasteiger partial charge in [0.1, 0.15) is 11.3 Å². The summed E-state index contributed by atoms with van der Waals surface area (Å²) >= 11 is 0. The third-order valence-corrected chi connectivity index (χ3v) is 4.05. The molecule has 3 rings (SSSR count). The fraction of sp³-hybridized carbons (Fsp3) is 0.182. The molecule has 0 fully saturated rings. The number of benzene rings is 2. The molecule has 26 heavy (non-hydrogen) atoms. The lowest BCUT2D eigenvalue weighted by molar-refractivity contribution is -0.116. The molecule has 2 aromatic carbocycles. The maximum Gasteiger partial charge on any atom is 0.244 e. The number of carbonyl (C=O) groups excluding carboxylic acids is 1. The number of aromatic nitrogens is 1. The van der Waals surface area contributed by atoms with Crippen LogP contribution in [0.2, 0.25) is 0 Å². The molecular weight excluding hydrogens is 324 g/mol. The van der Waals surface area contributed by atoms with Crippen LogP contribution in [0.25, 0.3) is 16.5 Å². The van der Waals surface area contributed by atoms with Gasteiger partial charge in [-0.1, -0.05) is 48.5 Å². The lowest BCUT2D eigenvalue weighted by atomic mass is 10.1. The van der Waals surface area contributed by atoms with E-state index in [0.29, 0.717) is 13.2 Å². The van der Waals surface area contributed by atoms with Crippen molar-refractivity contribution in [3.63, 3.8) is 0 Å². The van der Waals surface area contributed by atoms with E-state index in [0.717, 1.165) is 34.2 Å². The zero-order valence-corrected chi connectivity index (χ0v) is 14.8. The zero-order valence-electron chi connectivity index (χ0n) is 14.8. The van der Waals surface area contributed by atoms with Crippen LogP contribution < -0.4 is 10.1 Å². The van der Waals surface area contributed by atoms with Crippen LogP contribution in [0.15, 0.2) is 72.9 Å². The van der Waals surface area contributed by atoms with Crippen LogP contribution in [0.1, 0.15) is 18.9 Å². The first-order chi connectivity index (χ1) is 12.7. The Balaban J connectivity index is 1.45. The number of hydrogen-bond donors (Lipinski definition) is 1. The molecule has 1 heterocycles. The molecule has 0 saturated heterocycles. The van der Waals surface area contributed by atoms with Crippen LogP contribution in [0.3, 0.4) is 0 Å². The molecule has 1 N–H and O–H groups in total. The summed E-state index contributed by atoms with van der Waals surface area (Å²) in [5.74, 6) is 0.687. The molecule has 0 radical (unpaired) electrons. The molecule has 0 aliphatic heterocycles. The second-order valence-electron chi connectivity index (χ2n) is 6.02. The minimum atomic E-state index is -0.0850. The molecule has 0 aliphatic carbocycles. The highest BCUT2D eigenvalue weighted by molar-refractivity contribution is 5.94. The summed E-state index contributed by atoms with van der Waals surface area (Å²) < 4.78 is 5.82. The van der Waals surface area contributed by atoms with Gasteiger partial charge in [-0.25, -0.2) is 0 Å². The van der Waals surface area contributed by atoms with E-state index in [1.165, 1.54) is 0 Å². The van der Waals surface area contributed by atoms with Crippen molar-refractivity contribution in [1.29, 1.82) is 0 Å². The molecule has 132 valence electrons. The van der Waals surface area contributed by atoms with E-state index < -0.39 is 0 Å². The molecule has 0 bridgehead atoms. The molecular formula is C22H22N2O2. The standard InChI is InChI=1S/C22H22N2O2/c1-17(18-8-3-2-4-9-18)16-21(25)23-14-7-15-26-20-12-5-10-19-11-6-13-24-22(19)20/h2-6,8-13,16H,7,14-15H2,1H3,(H,23,25)/b17-16+. The van der Waals surface area contributed by atoms with E-state index in [2.05, 4.69) is 10.3 Å². The van der Waals surface area contributed by atoms with E-state index in [9.17, 15) is 4.79 Å². The van der Waals surface area contributed by atoms with E-state index >= 15 is 0 Å². The summed E-state index contributed by atoms with van der Waals surface area (Å²) in [6, 6.07) is 19.7. The summed E-state index contributed by atoms with van der Waals surface area (Å²) in [5, 5.41) is 3.95. The first kappa shape index (κ1) is 17.7. The molecule has 4 heteroatoms. The second kappa shape index (κ2) is 8.81. The Morgan fingerprint density at radius 2 is 1.88 bits per heavy atom. The maximum atomic E-state index is 12.0. The van der Waals surface area contributed by atoms with Gasteiger partial charge >= 0.3 is 0 Å². The number of pyridine rings is 1. The van der Waals surface area contributed by atoms with Gasteiger partial charge in [0.25, 0.3) is 0 Å². The second-order valence-corrected chi connectivity index (χ2v) is 6.02. The number of fused-ring (bicyclic) bond motifs is 1. The summed E-state index contributed by atoms with van der Waals surface area (Å²) in [6.07, 6.45) is 4.12. The van der Waals surface area contributed by atoms with Crippen LogP contribution in [0.5, 0.6) is 5.75 Å². The minimum absolute atomic E-state index is 0.0850. The SMILES string of the molecule is C/C(=C\C(=O)NCCCOc1cccc2cccnc12)c1ccccc1. The highest BCUT2D eigenvalue weighted by Gasteiger charge is 2.03. The normalized spacial score (nSPS) is 11.3. The number of rotatable bonds is 7. The maximum absolute atomic E-state index is 12.0. The average Bonchev–Trinajstić information content (AvgIpc) is 2.68. The zero-order chi connectivity index (χ0) is 18.2. The van der Waals surface area contributed by atoms with Crippen molar-refractivity contribution in [1.82, 2.24) is 10.3 Å². The van der Waals surface area contributed by atoms with Gasteiger partial charge in [-0.2, -0.15) is 0 Å². The molecule has 0 aliphatic rings. The molecule has 1 aromatic heterocycles. The predicted molar refractivity (Wildman–Crippen MR) is 105 cm³/mol. The van der Waals surface area contributed by atoms with E-state index in [4.69, 9.17) is 4.74 Å². The van der Waals surface area contributed by atoms with Crippen LogP contribution in [-0.2, 0) is 4.79 Å². The third kappa shape index (κ3) is 4.70. The van der Waals surface area contributed by atoms with Crippen molar-refractivity contribution in [3.05, 3.63) is 78.5 Å². The van der Waals surface area contributed by atoms with Crippen LogP contribution >= 0.6 is 0 Å². The summed E-state index contributed by atoms with van der Waals surface area (Å²) in [4.78, 5) is 16.4. The van der Waals surface area contributed by atoms with Gasteiger partial charge in [0, 0.05) is 24.2 Å². The topological polar surface area (TPSA) is 51.2 Å². The van der Waals surface area contributed by atoms with Crippen molar-refractivity contribution in [2.24, 2.45) is 0 Å². The Hall–Kier alpha value is -3.14. The predicted octanol–water partition coefficient (Wildman–Crippen LogP) is 4.22. The number of ether oxygens (including phenoxy) is 1. The van der Waals surface area contributed by atoms with Gasteiger partial charge in [0.05, 0.1) is 6.61 Å². The quantitative estimate of drug-likeness (QED) is 0.515. The number of hydrogen-bond acceptors (Lipinski definition) is 3. The third-order valence-electron chi connectivity index (χ3n) is 4.05. The number of nitrogens with one attached hydrogen (secondary N) is 1. The van der Waals surface area contributed by atoms with Gasteiger partial charge in [-0.3, -0.25) is 9.78 Å². The van der Waals surface area contributed by atoms with Crippen molar-refractivity contribution in [2.45, 2.75) is 13.3 Å². The van der Waals surface area contributed by atoms with Crippen molar-refractivity contribution in [3.8, 4) is 5.75 Å². The minimum Gasteiger partial charge on any atom is -0.491 e. The Labute approximate surface area is 153 Å². The molecule has 0 saturated carbocycles. The highest BCUT2D eigenvalue weighted by Crippen LogP contribution is 2.22. The largest absolute Gasteiger partial charge is 0.491 e. The van der Waals surface area contributed by atoms with Gasteiger partial charge in [-0.05, 0) is 36.6 Å². The number of nitrogens with zero attached hydrogens (tertiary/aromatic N) is 1. The van der Waals surface area contributed by atoms with Crippen molar-refractivity contribution >= 4 is 22.4 Å². The van der Waals surface area contributed by atoms with E-state index in [-0.39, 0.29) is 5.91 Å². The van der Waals surface area contributed by atoms with Crippen molar-refractivity contribution < 1.29 is 9.53 Å². The molecule has 1 amide bonds. The molecule has 0 atom stereocenters. The number of allylic oxidation sites excluding steroid dienone is 1. The molecule has 4 nitrogen and oxygen atoms in total. The number of carbonyl (C=O) groups is 1. The molecule has 3 aromatic rings. The van der Waals surface area contributed by atoms with Crippen LogP contribution in [0, 0.1) is 0 Å². The Kier molecular flexibility index (Phi) is 5.99. The summed E-state index contributed by atoms with van der Waals surface area (Å²) in [6.45, 7) is 3.03. The Bertz CT molecular complexity index is 899. The average molecular weight is 346 g/mol. The molecule has 0 unspecified atom stereocenters. The Morgan fingerprint density at radius 1 is 1.08 bits per heavy atom. The first-order valence-corrected chi connectivity index (χ1v) is 8.72. The lowest BCUT2D eigenvalue weighted by Gasteiger charge is -2.09. The summed E-state index contributed by atoms with van der Waals surface area (Å²) in [5.41, 5.74) is 2.86. The van der Waals surface area contributed by atoms with Gasteiger partial charge in [0.15, 0.2) is 0 Å². The van der Waals surface area contributed by atoms with Crippen LogP contribution in [-0.4, -0.2) is 24.0 Å². The smallest absolute Gasteiger partial charge is 0.244 e. The summed E-state index contributed by atoms with van der Waals surface area (Å²) in [7, 11) is 0. The first-order valence-electron chi connectivity index (χ1n) is 8.72. The fourth-order valence-electron chi connectivity index (χ4n) is 2.69. The van der Waals surface area contributed by atoms with Gasteiger partial charge in [0.2, 0.25) is 5.91 Å². The number of para-hydroxylation sites is 1. The monoisotopic (exact) mass is 346 g/mol. The highest BCUT2D eigenvalue weighted by atomic mass is 16.5.